The third kappa shape index (κ3) is 4.64. The van der Waals surface area contributed by atoms with Gasteiger partial charge in [0.1, 0.15) is 0 Å². The highest BCUT2D eigenvalue weighted by Crippen LogP contribution is 2.20. The summed E-state index contributed by atoms with van der Waals surface area (Å²) in [6.07, 6.45) is 3.87. The average molecular weight is 243 g/mol. The molecule has 0 saturated carbocycles. The van der Waals surface area contributed by atoms with Crippen LogP contribution in [0.3, 0.4) is 0 Å². The van der Waals surface area contributed by atoms with Crippen molar-refractivity contribution in [2.75, 3.05) is 33.9 Å². The number of carbonyl (C=O) groups is 1. The quantitative estimate of drug-likeness (QED) is 0.689. The topological polar surface area (TPSA) is 38.8 Å². The van der Waals surface area contributed by atoms with E-state index in [0.717, 1.165) is 19.6 Å². The maximum absolute atomic E-state index is 11.6. The van der Waals surface area contributed by atoms with E-state index in [-0.39, 0.29) is 5.97 Å². The second-order valence-corrected chi connectivity index (χ2v) is 5.56. The highest BCUT2D eigenvalue weighted by molar-refractivity contribution is 5.76. The maximum Gasteiger partial charge on any atom is 0.312 e. The van der Waals surface area contributed by atoms with Crippen molar-refractivity contribution >= 4 is 5.97 Å². The first-order valence-electron chi connectivity index (χ1n) is 6.34. The van der Waals surface area contributed by atoms with Gasteiger partial charge in [-0.05, 0) is 40.2 Å². The predicted molar refractivity (Wildman–Crippen MR) is 66.9 cm³/mol. The second-order valence-electron chi connectivity index (χ2n) is 5.56. The standard InChI is InChI=1S/C13H25NO3/c1-13(2,12(15)16-4)10-14(3)9-11-7-5-6-8-17-11/h11H,5-10H2,1-4H3. The zero-order valence-corrected chi connectivity index (χ0v) is 11.5. The molecule has 0 radical (unpaired) electrons. The maximum atomic E-state index is 11.6. The van der Waals surface area contributed by atoms with Gasteiger partial charge in [-0.3, -0.25) is 4.79 Å². The number of carbonyl (C=O) groups excluding carboxylic acids is 1. The van der Waals surface area contributed by atoms with E-state index in [1.807, 2.05) is 20.9 Å². The Labute approximate surface area is 104 Å². The van der Waals surface area contributed by atoms with Crippen LogP contribution in [0.1, 0.15) is 33.1 Å². The summed E-state index contributed by atoms with van der Waals surface area (Å²) in [5, 5.41) is 0. The fourth-order valence-electron chi connectivity index (χ4n) is 2.38. The van der Waals surface area contributed by atoms with Gasteiger partial charge in [0.05, 0.1) is 18.6 Å². The van der Waals surface area contributed by atoms with Crippen LogP contribution >= 0.6 is 0 Å². The van der Waals surface area contributed by atoms with Gasteiger partial charge in [0.2, 0.25) is 0 Å². The molecule has 1 atom stereocenters. The number of ether oxygens (including phenoxy) is 2. The zero-order valence-electron chi connectivity index (χ0n) is 11.5. The van der Waals surface area contributed by atoms with Gasteiger partial charge in [-0.2, -0.15) is 0 Å². The molecule has 100 valence electrons. The molecular weight excluding hydrogens is 218 g/mol. The predicted octanol–water partition coefficient (Wildman–Crippen LogP) is 1.69. The fourth-order valence-corrected chi connectivity index (χ4v) is 2.38. The monoisotopic (exact) mass is 243 g/mol. The van der Waals surface area contributed by atoms with E-state index >= 15 is 0 Å². The molecule has 0 aromatic heterocycles. The van der Waals surface area contributed by atoms with Crippen LogP contribution in [-0.4, -0.2) is 50.8 Å². The lowest BCUT2D eigenvalue weighted by atomic mass is 9.93. The Kier molecular flexibility index (Phi) is 5.40. The van der Waals surface area contributed by atoms with E-state index in [9.17, 15) is 4.79 Å². The summed E-state index contributed by atoms with van der Waals surface area (Å²) in [5.74, 6) is -0.158. The van der Waals surface area contributed by atoms with Gasteiger partial charge in [-0.25, -0.2) is 0 Å². The normalized spacial score (nSPS) is 21.6. The largest absolute Gasteiger partial charge is 0.469 e. The summed E-state index contributed by atoms with van der Waals surface area (Å²) in [6.45, 7) is 6.28. The Hall–Kier alpha value is -0.610. The average Bonchev–Trinajstić information content (AvgIpc) is 2.28. The number of hydrogen-bond donors (Lipinski definition) is 0. The molecule has 1 aliphatic rings. The molecule has 0 aromatic carbocycles. The molecule has 0 spiro atoms. The van der Waals surface area contributed by atoms with Crippen LogP contribution in [-0.2, 0) is 14.3 Å². The van der Waals surface area contributed by atoms with Crippen LogP contribution in [0.15, 0.2) is 0 Å². The Morgan fingerprint density at radius 3 is 2.71 bits per heavy atom. The van der Waals surface area contributed by atoms with Crippen molar-refractivity contribution in [3.05, 3.63) is 0 Å². The molecule has 0 aliphatic carbocycles. The Morgan fingerprint density at radius 2 is 2.18 bits per heavy atom. The van der Waals surface area contributed by atoms with Gasteiger partial charge in [-0.1, -0.05) is 0 Å². The van der Waals surface area contributed by atoms with Crippen molar-refractivity contribution < 1.29 is 14.3 Å². The summed E-state index contributed by atoms with van der Waals surface area (Å²) in [5.41, 5.74) is -0.460. The van der Waals surface area contributed by atoms with E-state index < -0.39 is 5.41 Å². The third-order valence-electron chi connectivity index (χ3n) is 3.19. The van der Waals surface area contributed by atoms with E-state index in [4.69, 9.17) is 9.47 Å². The number of methoxy groups -OCH3 is 1. The molecule has 4 heteroatoms. The molecule has 1 rings (SSSR count). The minimum absolute atomic E-state index is 0.158. The summed E-state index contributed by atoms with van der Waals surface area (Å²) in [7, 11) is 3.47. The molecule has 0 N–H and O–H groups in total. The molecule has 1 fully saturated rings. The smallest absolute Gasteiger partial charge is 0.312 e. The number of nitrogens with zero attached hydrogens (tertiary/aromatic N) is 1. The van der Waals surface area contributed by atoms with E-state index in [2.05, 4.69) is 4.90 Å². The molecule has 1 heterocycles. The number of hydrogen-bond acceptors (Lipinski definition) is 4. The van der Waals surface area contributed by atoms with Gasteiger partial charge in [0.15, 0.2) is 0 Å². The first-order chi connectivity index (χ1) is 7.95. The van der Waals surface area contributed by atoms with Crippen LogP contribution in [0.5, 0.6) is 0 Å². The first kappa shape index (κ1) is 14.5. The van der Waals surface area contributed by atoms with Crippen molar-refractivity contribution in [1.29, 1.82) is 0 Å². The lowest BCUT2D eigenvalue weighted by molar-refractivity contribution is -0.152. The van der Waals surface area contributed by atoms with Crippen LogP contribution < -0.4 is 0 Å². The van der Waals surface area contributed by atoms with E-state index in [1.165, 1.54) is 20.0 Å². The van der Waals surface area contributed by atoms with Crippen molar-refractivity contribution in [3.8, 4) is 0 Å². The van der Waals surface area contributed by atoms with Gasteiger partial charge in [-0.15, -0.1) is 0 Å². The van der Waals surface area contributed by atoms with E-state index in [1.54, 1.807) is 0 Å². The lowest BCUT2D eigenvalue weighted by Gasteiger charge is -2.31. The van der Waals surface area contributed by atoms with Crippen molar-refractivity contribution in [2.24, 2.45) is 5.41 Å². The fraction of sp³-hybridized carbons (Fsp3) is 0.923. The van der Waals surface area contributed by atoms with Crippen molar-refractivity contribution in [1.82, 2.24) is 4.90 Å². The van der Waals surface area contributed by atoms with Crippen LogP contribution in [0.4, 0.5) is 0 Å². The van der Waals surface area contributed by atoms with Gasteiger partial charge in [0, 0.05) is 19.7 Å². The molecule has 1 saturated heterocycles. The third-order valence-corrected chi connectivity index (χ3v) is 3.19. The molecule has 0 bridgehead atoms. The van der Waals surface area contributed by atoms with Crippen LogP contribution in [0, 0.1) is 5.41 Å². The first-order valence-corrected chi connectivity index (χ1v) is 6.34. The Bertz CT molecular complexity index is 247. The van der Waals surface area contributed by atoms with Crippen LogP contribution in [0.25, 0.3) is 0 Å². The van der Waals surface area contributed by atoms with Crippen LogP contribution in [0.2, 0.25) is 0 Å². The summed E-state index contributed by atoms with van der Waals surface area (Å²) < 4.78 is 10.5. The zero-order chi connectivity index (χ0) is 12.9. The molecule has 0 aromatic rings. The summed E-state index contributed by atoms with van der Waals surface area (Å²) >= 11 is 0. The number of likely N-dealkylation sites (N-methyl/N-ethyl adjacent to an activating group) is 1. The van der Waals surface area contributed by atoms with Gasteiger partial charge >= 0.3 is 5.97 Å². The molecule has 1 unspecified atom stereocenters. The summed E-state index contributed by atoms with van der Waals surface area (Å²) in [4.78, 5) is 13.7. The highest BCUT2D eigenvalue weighted by atomic mass is 16.5. The SMILES string of the molecule is COC(=O)C(C)(C)CN(C)CC1CCCCO1. The molecular formula is C13H25NO3. The Balaban J connectivity index is 2.37. The minimum Gasteiger partial charge on any atom is -0.469 e. The van der Waals surface area contributed by atoms with Gasteiger partial charge < -0.3 is 14.4 Å². The molecule has 17 heavy (non-hydrogen) atoms. The molecule has 1 aliphatic heterocycles. The lowest BCUT2D eigenvalue weighted by Crippen LogP contribution is -2.42. The van der Waals surface area contributed by atoms with Crippen molar-refractivity contribution in [2.45, 2.75) is 39.2 Å². The second kappa shape index (κ2) is 6.36. The minimum atomic E-state index is -0.460. The Morgan fingerprint density at radius 1 is 1.47 bits per heavy atom. The number of rotatable bonds is 5. The summed E-state index contributed by atoms with van der Waals surface area (Å²) in [6, 6.07) is 0. The molecule has 4 nitrogen and oxygen atoms in total. The van der Waals surface area contributed by atoms with E-state index in [0.29, 0.717) is 12.6 Å². The highest BCUT2D eigenvalue weighted by Gasteiger charge is 2.30. The van der Waals surface area contributed by atoms with Gasteiger partial charge in [0.25, 0.3) is 0 Å². The number of esters is 1. The van der Waals surface area contributed by atoms with Crippen molar-refractivity contribution in [3.63, 3.8) is 0 Å². The molecule has 0 amide bonds.